The monoisotopic (exact) mass is 248 g/mol. The molecule has 0 aliphatic rings. The van der Waals surface area contributed by atoms with Gasteiger partial charge < -0.3 is 9.64 Å². The summed E-state index contributed by atoms with van der Waals surface area (Å²) in [6.07, 6.45) is -3.50. The molecular formula is C11H15F3N2O. The Kier molecular flexibility index (Phi) is 4.74. The fourth-order valence-corrected chi connectivity index (χ4v) is 1.24. The van der Waals surface area contributed by atoms with E-state index in [1.807, 2.05) is 6.92 Å². The van der Waals surface area contributed by atoms with E-state index in [0.29, 0.717) is 25.6 Å². The van der Waals surface area contributed by atoms with Crippen LogP contribution in [0, 0.1) is 0 Å². The van der Waals surface area contributed by atoms with Gasteiger partial charge in [0.15, 0.2) is 0 Å². The molecule has 0 saturated heterocycles. The lowest BCUT2D eigenvalue weighted by Crippen LogP contribution is -2.23. The minimum atomic E-state index is -4.34. The predicted octanol–water partition coefficient (Wildman–Crippen LogP) is 2.57. The fourth-order valence-electron chi connectivity index (χ4n) is 1.24. The summed E-state index contributed by atoms with van der Waals surface area (Å²) in [5.74, 6) is 0.498. The lowest BCUT2D eigenvalue weighted by molar-refractivity contribution is -0.137. The molecule has 0 aliphatic heterocycles. The Morgan fingerprint density at radius 2 is 2.06 bits per heavy atom. The highest BCUT2D eigenvalue weighted by Crippen LogP contribution is 2.29. The molecule has 0 aromatic carbocycles. The van der Waals surface area contributed by atoms with Crippen molar-refractivity contribution in [1.82, 2.24) is 4.98 Å². The van der Waals surface area contributed by atoms with E-state index in [1.54, 1.807) is 11.9 Å². The third kappa shape index (κ3) is 4.22. The molecule has 0 radical (unpaired) electrons. The molecule has 0 amide bonds. The Morgan fingerprint density at radius 1 is 1.35 bits per heavy atom. The van der Waals surface area contributed by atoms with Gasteiger partial charge in [-0.3, -0.25) is 0 Å². The van der Waals surface area contributed by atoms with Crippen LogP contribution in [0.15, 0.2) is 18.3 Å². The van der Waals surface area contributed by atoms with Crippen molar-refractivity contribution in [2.75, 3.05) is 31.7 Å². The smallest absolute Gasteiger partial charge is 0.380 e. The number of likely N-dealkylation sites (N-methyl/N-ethyl adjacent to an activating group) is 1. The second-order valence-corrected chi connectivity index (χ2v) is 3.52. The van der Waals surface area contributed by atoms with E-state index in [2.05, 4.69) is 4.98 Å². The number of aromatic nitrogens is 1. The first kappa shape index (κ1) is 13.8. The summed E-state index contributed by atoms with van der Waals surface area (Å²) < 4.78 is 42.0. The van der Waals surface area contributed by atoms with Gasteiger partial charge in [-0.1, -0.05) is 0 Å². The van der Waals surface area contributed by atoms with Crippen LogP contribution in [0.25, 0.3) is 0 Å². The van der Waals surface area contributed by atoms with Crippen LogP contribution in [0.3, 0.4) is 0 Å². The van der Waals surface area contributed by atoms with Crippen LogP contribution in [-0.4, -0.2) is 31.8 Å². The zero-order valence-electron chi connectivity index (χ0n) is 9.79. The maximum Gasteiger partial charge on any atom is 0.417 e. The maximum absolute atomic E-state index is 12.3. The van der Waals surface area contributed by atoms with Crippen molar-refractivity contribution in [3.8, 4) is 0 Å². The average Bonchev–Trinajstić information content (AvgIpc) is 2.28. The summed E-state index contributed by atoms with van der Waals surface area (Å²) in [7, 11) is 1.76. The van der Waals surface area contributed by atoms with Gasteiger partial charge in [-0.25, -0.2) is 4.98 Å². The highest BCUT2D eigenvalue weighted by molar-refractivity contribution is 5.38. The second-order valence-electron chi connectivity index (χ2n) is 3.52. The van der Waals surface area contributed by atoms with E-state index in [-0.39, 0.29) is 0 Å². The largest absolute Gasteiger partial charge is 0.417 e. The Bertz CT molecular complexity index is 338. The first-order valence-electron chi connectivity index (χ1n) is 5.27. The number of anilines is 1. The van der Waals surface area contributed by atoms with Crippen molar-refractivity contribution < 1.29 is 17.9 Å². The number of ether oxygens (including phenoxy) is 1. The van der Waals surface area contributed by atoms with Crippen LogP contribution in [-0.2, 0) is 10.9 Å². The highest BCUT2D eigenvalue weighted by atomic mass is 19.4. The van der Waals surface area contributed by atoms with E-state index in [9.17, 15) is 13.2 Å². The number of rotatable bonds is 5. The van der Waals surface area contributed by atoms with Crippen molar-refractivity contribution >= 4 is 5.82 Å². The topological polar surface area (TPSA) is 25.4 Å². The number of hydrogen-bond acceptors (Lipinski definition) is 3. The van der Waals surface area contributed by atoms with E-state index < -0.39 is 11.7 Å². The first-order valence-corrected chi connectivity index (χ1v) is 5.27. The molecule has 1 aromatic heterocycles. The number of pyridine rings is 1. The van der Waals surface area contributed by atoms with Gasteiger partial charge in [-0.15, -0.1) is 0 Å². The number of halogens is 3. The molecule has 0 atom stereocenters. The third-order valence-electron chi connectivity index (χ3n) is 2.24. The number of hydrogen-bond donors (Lipinski definition) is 0. The SMILES string of the molecule is CCOCCN(C)c1ccc(C(F)(F)F)cn1. The second kappa shape index (κ2) is 5.86. The van der Waals surface area contributed by atoms with Crippen molar-refractivity contribution in [1.29, 1.82) is 0 Å². The molecule has 1 rings (SSSR count). The molecular weight excluding hydrogens is 233 g/mol. The van der Waals surface area contributed by atoms with E-state index in [1.165, 1.54) is 6.07 Å². The maximum atomic E-state index is 12.3. The summed E-state index contributed by atoms with van der Waals surface area (Å²) in [4.78, 5) is 5.52. The molecule has 17 heavy (non-hydrogen) atoms. The average molecular weight is 248 g/mol. The van der Waals surface area contributed by atoms with Crippen LogP contribution < -0.4 is 4.90 Å². The van der Waals surface area contributed by atoms with Crippen LogP contribution >= 0.6 is 0 Å². The lowest BCUT2D eigenvalue weighted by atomic mass is 10.3. The predicted molar refractivity (Wildman–Crippen MR) is 59.0 cm³/mol. The summed E-state index contributed by atoms with van der Waals surface area (Å²) in [5, 5.41) is 0. The highest BCUT2D eigenvalue weighted by Gasteiger charge is 2.30. The van der Waals surface area contributed by atoms with Gasteiger partial charge in [0, 0.05) is 26.4 Å². The molecule has 0 fully saturated rings. The van der Waals surface area contributed by atoms with Crippen LogP contribution in [0.4, 0.5) is 19.0 Å². The van der Waals surface area contributed by atoms with Gasteiger partial charge in [0.05, 0.1) is 12.2 Å². The normalized spacial score (nSPS) is 11.6. The van der Waals surface area contributed by atoms with Gasteiger partial charge in [0.1, 0.15) is 5.82 Å². The molecule has 3 nitrogen and oxygen atoms in total. The lowest BCUT2D eigenvalue weighted by Gasteiger charge is -2.18. The number of alkyl halides is 3. The standard InChI is InChI=1S/C11H15F3N2O/c1-3-17-7-6-16(2)10-5-4-9(8-15-10)11(12,13)14/h4-5,8H,3,6-7H2,1-2H3. The molecule has 0 N–H and O–H groups in total. The van der Waals surface area contributed by atoms with Crippen molar-refractivity contribution in [2.45, 2.75) is 13.1 Å². The first-order chi connectivity index (χ1) is 7.95. The number of nitrogens with zero attached hydrogens (tertiary/aromatic N) is 2. The Balaban J connectivity index is 2.61. The van der Waals surface area contributed by atoms with E-state index in [0.717, 1.165) is 12.3 Å². The van der Waals surface area contributed by atoms with Crippen molar-refractivity contribution in [3.05, 3.63) is 23.9 Å². The minimum absolute atomic E-state index is 0.498. The molecule has 1 aromatic rings. The fraction of sp³-hybridized carbons (Fsp3) is 0.545. The van der Waals surface area contributed by atoms with Crippen molar-refractivity contribution in [3.63, 3.8) is 0 Å². The minimum Gasteiger partial charge on any atom is -0.380 e. The summed E-state index contributed by atoms with van der Waals surface area (Å²) in [6.45, 7) is 3.62. The van der Waals surface area contributed by atoms with E-state index >= 15 is 0 Å². The molecule has 0 aliphatic carbocycles. The molecule has 0 spiro atoms. The van der Waals surface area contributed by atoms with Gasteiger partial charge in [0.25, 0.3) is 0 Å². The molecule has 0 unspecified atom stereocenters. The Morgan fingerprint density at radius 3 is 2.53 bits per heavy atom. The van der Waals surface area contributed by atoms with E-state index in [4.69, 9.17) is 4.74 Å². The molecule has 0 bridgehead atoms. The van der Waals surface area contributed by atoms with Crippen molar-refractivity contribution in [2.24, 2.45) is 0 Å². The quantitative estimate of drug-likeness (QED) is 0.749. The van der Waals surface area contributed by atoms with Gasteiger partial charge in [0.2, 0.25) is 0 Å². The Hall–Kier alpha value is -1.30. The van der Waals surface area contributed by atoms with Gasteiger partial charge in [-0.05, 0) is 19.1 Å². The summed E-state index contributed by atoms with van der Waals surface area (Å²) in [6, 6.07) is 2.38. The Labute approximate surface area is 98.2 Å². The van der Waals surface area contributed by atoms with Gasteiger partial charge in [-0.2, -0.15) is 13.2 Å². The zero-order chi connectivity index (χ0) is 12.9. The molecule has 1 heterocycles. The molecule has 96 valence electrons. The van der Waals surface area contributed by atoms with Crippen LogP contribution in [0.2, 0.25) is 0 Å². The molecule has 0 saturated carbocycles. The summed E-state index contributed by atoms with van der Waals surface area (Å²) in [5.41, 5.74) is -0.737. The zero-order valence-corrected chi connectivity index (χ0v) is 9.79. The van der Waals surface area contributed by atoms with Crippen LogP contribution in [0.5, 0.6) is 0 Å². The third-order valence-corrected chi connectivity index (χ3v) is 2.24. The van der Waals surface area contributed by atoms with Crippen LogP contribution in [0.1, 0.15) is 12.5 Å². The summed E-state index contributed by atoms with van der Waals surface area (Å²) >= 11 is 0. The molecule has 6 heteroatoms. The van der Waals surface area contributed by atoms with Gasteiger partial charge >= 0.3 is 6.18 Å².